The van der Waals surface area contributed by atoms with Gasteiger partial charge in [0.25, 0.3) is 5.91 Å². The molecule has 2 N–H and O–H groups in total. The van der Waals surface area contributed by atoms with Crippen LogP contribution in [0.15, 0.2) is 91.3 Å². The van der Waals surface area contributed by atoms with Crippen molar-refractivity contribution in [3.63, 3.8) is 0 Å². The molecule has 2 aromatic heterocycles. The van der Waals surface area contributed by atoms with Gasteiger partial charge >= 0.3 is 0 Å². The molecule has 6 rings (SSSR count). The summed E-state index contributed by atoms with van der Waals surface area (Å²) >= 11 is 0. The molecule has 1 amide bonds. The highest BCUT2D eigenvalue weighted by molar-refractivity contribution is 6.05. The molecule has 8 heteroatoms. The summed E-state index contributed by atoms with van der Waals surface area (Å²) < 4.78 is 6.37. The molecule has 0 saturated carbocycles. The van der Waals surface area contributed by atoms with Gasteiger partial charge in [0, 0.05) is 65.9 Å². The van der Waals surface area contributed by atoms with Crippen LogP contribution in [0.4, 0.5) is 17.5 Å². The normalized spacial score (nSPS) is 13.0. The van der Waals surface area contributed by atoms with Crippen LogP contribution in [-0.4, -0.2) is 40.0 Å². The van der Waals surface area contributed by atoms with Crippen molar-refractivity contribution in [3.8, 4) is 16.9 Å². The second kappa shape index (κ2) is 12.3. The van der Waals surface area contributed by atoms with E-state index in [1.54, 1.807) is 6.20 Å². The zero-order valence-corrected chi connectivity index (χ0v) is 23.9. The maximum Gasteiger partial charge on any atom is 0.255 e. The van der Waals surface area contributed by atoms with E-state index in [0.717, 1.165) is 52.2 Å². The summed E-state index contributed by atoms with van der Waals surface area (Å²) in [6.45, 7) is 6.49. The van der Waals surface area contributed by atoms with E-state index in [1.165, 1.54) is 12.8 Å². The molecule has 1 saturated heterocycles. The molecule has 1 aliphatic heterocycles. The van der Waals surface area contributed by atoms with Gasteiger partial charge in [-0.25, -0.2) is 15.0 Å². The summed E-state index contributed by atoms with van der Waals surface area (Å²) in [4.78, 5) is 29.3. The third-order valence-corrected chi connectivity index (χ3v) is 7.21. The van der Waals surface area contributed by atoms with Crippen LogP contribution in [0.5, 0.6) is 5.75 Å². The number of hydrogen-bond acceptors (Lipinski definition) is 7. The van der Waals surface area contributed by atoms with Gasteiger partial charge in [0.1, 0.15) is 18.2 Å². The standard InChI is InChI=1S/C34H34N6O2/c1-23(2)37-34-36-21-27-18-29(31(20-30(27)39-34)42-22-24-9-4-3-5-10-24)25-11-8-12-26(17-25)33(41)38-28-13-14-35-32(19-28)40-15-6-7-16-40/h3-5,8-14,17-21,23H,6-7,15-16,22H2,1-2H3,(H,35,38,41)(H,36,37,39). The molecule has 0 aliphatic carbocycles. The lowest BCUT2D eigenvalue weighted by Gasteiger charge is -2.17. The number of aromatic nitrogens is 3. The van der Waals surface area contributed by atoms with Gasteiger partial charge in [0.05, 0.1) is 5.52 Å². The summed E-state index contributed by atoms with van der Waals surface area (Å²) in [5.74, 6) is 1.96. The van der Waals surface area contributed by atoms with E-state index >= 15 is 0 Å². The topological polar surface area (TPSA) is 92.3 Å². The van der Waals surface area contributed by atoms with Crippen LogP contribution in [0.1, 0.15) is 42.6 Å². The number of amides is 1. The van der Waals surface area contributed by atoms with E-state index in [4.69, 9.17) is 9.72 Å². The molecule has 0 atom stereocenters. The first kappa shape index (κ1) is 27.2. The van der Waals surface area contributed by atoms with E-state index in [2.05, 4.69) is 39.3 Å². The van der Waals surface area contributed by atoms with Crippen molar-refractivity contribution >= 4 is 34.3 Å². The fourth-order valence-electron chi connectivity index (χ4n) is 5.11. The number of fused-ring (bicyclic) bond motifs is 1. The number of pyridine rings is 1. The number of anilines is 3. The number of hydrogen-bond donors (Lipinski definition) is 2. The van der Waals surface area contributed by atoms with Crippen LogP contribution in [0.3, 0.4) is 0 Å². The van der Waals surface area contributed by atoms with Gasteiger partial charge in [-0.3, -0.25) is 4.79 Å². The number of ether oxygens (including phenoxy) is 1. The van der Waals surface area contributed by atoms with E-state index in [1.807, 2.05) is 85.1 Å². The van der Waals surface area contributed by atoms with Gasteiger partial charge in [-0.15, -0.1) is 0 Å². The third-order valence-electron chi connectivity index (χ3n) is 7.21. The van der Waals surface area contributed by atoms with E-state index in [0.29, 0.717) is 23.9 Å². The first-order valence-corrected chi connectivity index (χ1v) is 14.4. The Balaban J connectivity index is 1.31. The van der Waals surface area contributed by atoms with Gasteiger partial charge in [-0.2, -0.15) is 0 Å². The van der Waals surface area contributed by atoms with Crippen LogP contribution in [-0.2, 0) is 6.61 Å². The zero-order chi connectivity index (χ0) is 28.9. The fraction of sp³-hybridized carbons (Fsp3) is 0.235. The highest BCUT2D eigenvalue weighted by Gasteiger charge is 2.16. The molecule has 1 fully saturated rings. The quantitative estimate of drug-likeness (QED) is 0.202. The van der Waals surface area contributed by atoms with Crippen molar-refractivity contribution in [1.82, 2.24) is 15.0 Å². The molecule has 212 valence electrons. The average Bonchev–Trinajstić information content (AvgIpc) is 3.55. The molecular weight excluding hydrogens is 524 g/mol. The van der Waals surface area contributed by atoms with Gasteiger partial charge < -0.3 is 20.3 Å². The molecule has 5 aromatic rings. The number of rotatable bonds is 9. The smallest absolute Gasteiger partial charge is 0.255 e. The van der Waals surface area contributed by atoms with Crippen molar-refractivity contribution in [2.24, 2.45) is 0 Å². The Hall–Kier alpha value is -4.98. The number of benzene rings is 3. The van der Waals surface area contributed by atoms with Crippen LogP contribution in [0.2, 0.25) is 0 Å². The predicted octanol–water partition coefficient (Wildman–Crippen LogP) is 6.94. The zero-order valence-electron chi connectivity index (χ0n) is 23.9. The summed E-state index contributed by atoms with van der Waals surface area (Å²) in [5, 5.41) is 7.20. The number of carbonyl (C=O) groups excluding carboxylic acids is 1. The van der Waals surface area contributed by atoms with Gasteiger partial charge in [0.2, 0.25) is 5.95 Å². The second-order valence-electron chi connectivity index (χ2n) is 10.8. The molecule has 0 radical (unpaired) electrons. The second-order valence-corrected chi connectivity index (χ2v) is 10.8. The maximum absolute atomic E-state index is 13.4. The number of carbonyl (C=O) groups is 1. The summed E-state index contributed by atoms with van der Waals surface area (Å²) in [7, 11) is 0. The number of nitrogens with one attached hydrogen (secondary N) is 2. The molecule has 1 aliphatic rings. The molecular formula is C34H34N6O2. The Labute approximate surface area is 245 Å². The summed E-state index contributed by atoms with van der Waals surface area (Å²) in [6.07, 6.45) is 5.89. The van der Waals surface area contributed by atoms with E-state index < -0.39 is 0 Å². The molecule has 8 nitrogen and oxygen atoms in total. The first-order valence-electron chi connectivity index (χ1n) is 14.4. The Morgan fingerprint density at radius 3 is 2.60 bits per heavy atom. The molecule has 3 heterocycles. The number of nitrogens with zero attached hydrogens (tertiary/aromatic N) is 4. The predicted molar refractivity (Wildman–Crippen MR) is 168 cm³/mol. The van der Waals surface area contributed by atoms with Gasteiger partial charge in [-0.1, -0.05) is 42.5 Å². The molecule has 0 unspecified atom stereocenters. The van der Waals surface area contributed by atoms with Crippen molar-refractivity contribution in [2.45, 2.75) is 39.3 Å². The lowest BCUT2D eigenvalue weighted by atomic mass is 10.00. The van der Waals surface area contributed by atoms with Crippen molar-refractivity contribution in [3.05, 3.63) is 102 Å². The maximum atomic E-state index is 13.4. The fourth-order valence-corrected chi connectivity index (χ4v) is 5.11. The highest BCUT2D eigenvalue weighted by Crippen LogP contribution is 2.35. The van der Waals surface area contributed by atoms with Gasteiger partial charge in [-0.05, 0) is 62.1 Å². The molecule has 42 heavy (non-hydrogen) atoms. The summed E-state index contributed by atoms with van der Waals surface area (Å²) in [5.41, 5.74) is 4.84. The van der Waals surface area contributed by atoms with E-state index in [-0.39, 0.29) is 11.9 Å². The minimum absolute atomic E-state index is 0.185. The lowest BCUT2D eigenvalue weighted by molar-refractivity contribution is 0.102. The molecule has 0 spiro atoms. The average molecular weight is 559 g/mol. The highest BCUT2D eigenvalue weighted by atomic mass is 16.5. The monoisotopic (exact) mass is 558 g/mol. The van der Waals surface area contributed by atoms with Crippen LogP contribution < -0.4 is 20.3 Å². The van der Waals surface area contributed by atoms with Crippen LogP contribution >= 0.6 is 0 Å². The SMILES string of the molecule is CC(C)Nc1ncc2cc(-c3cccc(C(=O)Nc4ccnc(N5CCCC5)c4)c3)c(OCc3ccccc3)cc2n1. The third kappa shape index (κ3) is 6.33. The minimum atomic E-state index is -0.185. The van der Waals surface area contributed by atoms with Gasteiger partial charge in [0.15, 0.2) is 0 Å². The van der Waals surface area contributed by atoms with E-state index in [9.17, 15) is 4.79 Å². The molecule has 3 aromatic carbocycles. The van der Waals surface area contributed by atoms with Crippen molar-refractivity contribution < 1.29 is 9.53 Å². The lowest BCUT2D eigenvalue weighted by Crippen LogP contribution is -2.19. The molecule has 0 bridgehead atoms. The van der Waals surface area contributed by atoms with Crippen LogP contribution in [0.25, 0.3) is 22.0 Å². The Morgan fingerprint density at radius 2 is 1.79 bits per heavy atom. The Bertz CT molecular complexity index is 1700. The Kier molecular flexibility index (Phi) is 7.94. The largest absolute Gasteiger partial charge is 0.488 e. The Morgan fingerprint density at radius 1 is 0.952 bits per heavy atom. The van der Waals surface area contributed by atoms with Crippen LogP contribution in [0, 0.1) is 0 Å². The first-order chi connectivity index (χ1) is 20.5. The van der Waals surface area contributed by atoms with Crippen molar-refractivity contribution in [1.29, 1.82) is 0 Å². The summed E-state index contributed by atoms with van der Waals surface area (Å²) in [6, 6.07) is 25.6. The van der Waals surface area contributed by atoms with Crippen molar-refractivity contribution in [2.75, 3.05) is 28.6 Å². The minimum Gasteiger partial charge on any atom is -0.488 e.